The molecule has 3 aromatic rings. The van der Waals surface area contributed by atoms with E-state index in [1.807, 2.05) is 30.3 Å². The van der Waals surface area contributed by atoms with Gasteiger partial charge in [0.2, 0.25) is 21.8 Å². The largest absolute Gasteiger partial charge is 0.352 e. The Bertz CT molecular complexity index is 1500. The molecule has 0 aliphatic heterocycles. The van der Waals surface area contributed by atoms with Crippen molar-refractivity contribution in [2.24, 2.45) is 0 Å². The quantitative estimate of drug-likeness (QED) is 0.281. The average Bonchev–Trinajstić information content (AvgIpc) is 2.95. The summed E-state index contributed by atoms with van der Waals surface area (Å²) in [7, 11) is -4.08. The van der Waals surface area contributed by atoms with Crippen LogP contribution in [-0.2, 0) is 32.6 Å². The highest BCUT2D eigenvalue weighted by Gasteiger charge is 2.34. The molecule has 0 spiro atoms. The zero-order chi connectivity index (χ0) is 30.3. The molecular weight excluding hydrogens is 600 g/mol. The van der Waals surface area contributed by atoms with Gasteiger partial charge in [-0.05, 0) is 48.2 Å². The molecule has 1 aliphatic carbocycles. The normalized spacial score (nSPS) is 14.7. The van der Waals surface area contributed by atoms with Crippen LogP contribution in [0.25, 0.3) is 0 Å². The lowest BCUT2D eigenvalue weighted by atomic mass is 9.94. The lowest BCUT2D eigenvalue weighted by Gasteiger charge is -2.35. The van der Waals surface area contributed by atoms with Crippen LogP contribution in [0.2, 0.25) is 10.0 Å². The van der Waals surface area contributed by atoms with Crippen molar-refractivity contribution in [3.8, 4) is 0 Å². The number of amides is 2. The van der Waals surface area contributed by atoms with Gasteiger partial charge >= 0.3 is 0 Å². The van der Waals surface area contributed by atoms with Gasteiger partial charge in [0.1, 0.15) is 18.4 Å². The SMILES string of the molecule is CS(=O)(=O)N(CC(=O)N(Cc1ccc(Cl)cc1Cl)C(Cc1ccccc1)C(=O)NC1CCCCC1)c1ccccc1F. The average molecular weight is 635 g/mol. The lowest BCUT2D eigenvalue weighted by Crippen LogP contribution is -2.55. The van der Waals surface area contributed by atoms with Gasteiger partial charge < -0.3 is 10.2 Å². The molecule has 1 aliphatic rings. The third-order valence-corrected chi connectivity index (χ3v) is 9.09. The number of sulfonamides is 1. The van der Waals surface area contributed by atoms with Crippen LogP contribution >= 0.6 is 23.2 Å². The first-order valence-corrected chi connectivity index (χ1v) is 16.4. The van der Waals surface area contributed by atoms with E-state index in [-0.39, 0.29) is 30.6 Å². The van der Waals surface area contributed by atoms with E-state index in [0.29, 0.717) is 15.6 Å². The Balaban J connectivity index is 1.75. The van der Waals surface area contributed by atoms with Crippen molar-refractivity contribution in [3.63, 3.8) is 0 Å². The van der Waals surface area contributed by atoms with E-state index >= 15 is 0 Å². The number of halogens is 3. The molecule has 0 bridgehead atoms. The van der Waals surface area contributed by atoms with E-state index in [1.165, 1.54) is 29.2 Å². The number of anilines is 1. The first-order valence-electron chi connectivity index (χ1n) is 13.8. The van der Waals surface area contributed by atoms with Crippen LogP contribution in [0.1, 0.15) is 43.2 Å². The highest BCUT2D eigenvalue weighted by atomic mass is 35.5. The number of hydrogen-bond acceptors (Lipinski definition) is 4. The lowest BCUT2D eigenvalue weighted by molar-refractivity contribution is -0.140. The smallest absolute Gasteiger partial charge is 0.244 e. The van der Waals surface area contributed by atoms with E-state index in [1.54, 1.807) is 12.1 Å². The summed E-state index contributed by atoms with van der Waals surface area (Å²) >= 11 is 12.6. The van der Waals surface area contributed by atoms with E-state index in [2.05, 4.69) is 5.32 Å². The fourth-order valence-corrected chi connectivity index (χ4v) is 6.50. The molecule has 3 aromatic carbocycles. The van der Waals surface area contributed by atoms with Crippen LogP contribution in [0.4, 0.5) is 10.1 Å². The minimum atomic E-state index is -4.08. The molecule has 224 valence electrons. The Morgan fingerprint density at radius 3 is 2.29 bits per heavy atom. The molecule has 1 N–H and O–H groups in total. The van der Waals surface area contributed by atoms with E-state index in [4.69, 9.17) is 23.2 Å². The Hall–Kier alpha value is -3.14. The molecule has 1 atom stereocenters. The monoisotopic (exact) mass is 633 g/mol. The molecule has 1 unspecified atom stereocenters. The van der Waals surface area contributed by atoms with Gasteiger partial charge in [-0.15, -0.1) is 0 Å². The third kappa shape index (κ3) is 8.46. The van der Waals surface area contributed by atoms with Gasteiger partial charge in [0.25, 0.3) is 0 Å². The summed E-state index contributed by atoms with van der Waals surface area (Å²) in [6.07, 6.45) is 5.88. The van der Waals surface area contributed by atoms with Crippen molar-refractivity contribution in [1.29, 1.82) is 0 Å². The summed E-state index contributed by atoms with van der Waals surface area (Å²) in [6, 6.07) is 18.4. The van der Waals surface area contributed by atoms with E-state index in [0.717, 1.165) is 54.3 Å². The van der Waals surface area contributed by atoms with Gasteiger partial charge in [-0.25, -0.2) is 12.8 Å². The standard InChI is InChI=1S/C31H34Cl2FN3O4S/c1-42(40,41)37(28-15-9-8-14-27(28)34)21-30(38)36(20-23-16-17-24(32)19-26(23)33)29(18-22-10-4-2-5-11-22)31(39)35-25-12-6-3-7-13-25/h2,4-5,8-11,14-17,19,25,29H,3,6-7,12-13,18,20-21H2,1H3,(H,35,39). The summed E-state index contributed by atoms with van der Waals surface area (Å²) in [4.78, 5) is 29.4. The summed E-state index contributed by atoms with van der Waals surface area (Å²) in [6.45, 7) is -0.813. The molecule has 42 heavy (non-hydrogen) atoms. The van der Waals surface area contributed by atoms with E-state index < -0.39 is 34.3 Å². The highest BCUT2D eigenvalue weighted by molar-refractivity contribution is 7.92. The first kappa shape index (κ1) is 31.8. The number of nitrogens with one attached hydrogen (secondary N) is 1. The summed E-state index contributed by atoms with van der Waals surface area (Å²) in [5.41, 5.74) is 1.08. The summed E-state index contributed by atoms with van der Waals surface area (Å²) < 4.78 is 41.1. The van der Waals surface area contributed by atoms with Crippen LogP contribution in [0, 0.1) is 5.82 Å². The maximum atomic E-state index is 14.8. The van der Waals surface area contributed by atoms with Crippen molar-refractivity contribution in [3.05, 3.63) is 99.8 Å². The second-order valence-electron chi connectivity index (χ2n) is 10.5. The minimum Gasteiger partial charge on any atom is -0.352 e. The highest BCUT2D eigenvalue weighted by Crippen LogP contribution is 2.26. The number of para-hydroxylation sites is 1. The maximum Gasteiger partial charge on any atom is 0.244 e. The number of nitrogens with zero attached hydrogens (tertiary/aromatic N) is 2. The maximum absolute atomic E-state index is 14.8. The van der Waals surface area contributed by atoms with Gasteiger partial charge in [-0.2, -0.15) is 0 Å². The Kier molecular flexibility index (Phi) is 10.9. The van der Waals surface area contributed by atoms with Gasteiger partial charge in [-0.3, -0.25) is 13.9 Å². The minimum absolute atomic E-state index is 0.0217. The predicted octanol–water partition coefficient (Wildman–Crippen LogP) is 5.99. The number of carbonyl (C=O) groups excluding carboxylic acids is 2. The third-order valence-electron chi connectivity index (χ3n) is 7.38. The van der Waals surface area contributed by atoms with Crippen LogP contribution in [0.3, 0.4) is 0 Å². The van der Waals surface area contributed by atoms with E-state index in [9.17, 15) is 22.4 Å². The summed E-state index contributed by atoms with van der Waals surface area (Å²) in [5, 5.41) is 3.82. The zero-order valence-corrected chi connectivity index (χ0v) is 25.6. The molecular formula is C31H34Cl2FN3O4S. The van der Waals surface area contributed by atoms with Crippen LogP contribution in [0.15, 0.2) is 72.8 Å². The predicted molar refractivity (Wildman–Crippen MR) is 165 cm³/mol. The fourth-order valence-electron chi connectivity index (χ4n) is 5.18. The molecule has 0 saturated heterocycles. The topological polar surface area (TPSA) is 86.8 Å². The summed E-state index contributed by atoms with van der Waals surface area (Å²) in [5.74, 6) is -1.82. The number of carbonyl (C=O) groups is 2. The molecule has 0 radical (unpaired) electrons. The Morgan fingerprint density at radius 1 is 0.976 bits per heavy atom. The number of rotatable bonds is 11. The Labute approximate surface area is 256 Å². The first-order chi connectivity index (χ1) is 20.0. The van der Waals surface area contributed by atoms with Crippen LogP contribution in [-0.4, -0.2) is 50.0 Å². The fraction of sp³-hybridized carbons (Fsp3) is 0.355. The molecule has 7 nitrogen and oxygen atoms in total. The second kappa shape index (κ2) is 14.4. The van der Waals surface area contributed by atoms with Crippen LogP contribution in [0.5, 0.6) is 0 Å². The van der Waals surface area contributed by atoms with Crippen molar-refractivity contribution < 1.29 is 22.4 Å². The van der Waals surface area contributed by atoms with Crippen molar-refractivity contribution in [1.82, 2.24) is 10.2 Å². The Morgan fingerprint density at radius 2 is 1.64 bits per heavy atom. The van der Waals surface area contributed by atoms with Gasteiger partial charge in [0.05, 0.1) is 11.9 Å². The molecule has 11 heteroatoms. The van der Waals surface area contributed by atoms with Gasteiger partial charge in [-0.1, -0.05) is 91.0 Å². The second-order valence-corrected chi connectivity index (χ2v) is 13.3. The van der Waals surface area contributed by atoms with Gasteiger partial charge in [0.15, 0.2) is 0 Å². The van der Waals surface area contributed by atoms with Crippen LogP contribution < -0.4 is 9.62 Å². The molecule has 0 heterocycles. The van der Waals surface area contributed by atoms with Crippen molar-refractivity contribution in [2.75, 3.05) is 17.1 Å². The number of hydrogen-bond donors (Lipinski definition) is 1. The van der Waals surface area contributed by atoms with Gasteiger partial charge in [0, 0.05) is 29.1 Å². The zero-order valence-electron chi connectivity index (χ0n) is 23.3. The molecule has 2 amide bonds. The number of benzene rings is 3. The molecule has 4 rings (SSSR count). The van der Waals surface area contributed by atoms with Crippen molar-refractivity contribution in [2.45, 2.75) is 57.2 Å². The van der Waals surface area contributed by atoms with Crippen molar-refractivity contribution >= 4 is 50.7 Å². The molecule has 1 fully saturated rings. The molecule has 0 aromatic heterocycles. The molecule has 1 saturated carbocycles.